The molecule has 78 valence electrons. The molecule has 0 spiro atoms. The van der Waals surface area contributed by atoms with Gasteiger partial charge in [-0.2, -0.15) is 0 Å². The van der Waals surface area contributed by atoms with Gasteiger partial charge in [-0.15, -0.1) is 11.6 Å². The number of sulfone groups is 1. The Labute approximate surface area is 88.3 Å². The van der Waals surface area contributed by atoms with E-state index < -0.39 is 9.84 Å². The summed E-state index contributed by atoms with van der Waals surface area (Å²) in [7, 11) is -3.33. The highest BCUT2D eigenvalue weighted by Crippen LogP contribution is 2.10. The third-order valence-corrected chi connectivity index (χ3v) is 4.01. The fraction of sp³-hybridized carbons (Fsp3) is 0.500. The van der Waals surface area contributed by atoms with E-state index in [0.717, 1.165) is 0 Å². The Morgan fingerprint density at radius 3 is 2.71 bits per heavy atom. The summed E-state index contributed by atoms with van der Waals surface area (Å²) in [6.45, 7) is 1.78. The molecular weight excluding hydrogens is 224 g/mol. The first-order valence-electron chi connectivity index (χ1n) is 4.11. The van der Waals surface area contributed by atoms with Gasteiger partial charge in [-0.25, -0.2) is 13.4 Å². The van der Waals surface area contributed by atoms with Gasteiger partial charge in [0.25, 0.3) is 0 Å². The lowest BCUT2D eigenvalue weighted by molar-refractivity contribution is 0.579. The Morgan fingerprint density at radius 1 is 1.50 bits per heavy atom. The van der Waals surface area contributed by atoms with Crippen molar-refractivity contribution in [1.29, 1.82) is 0 Å². The molecule has 0 N–H and O–H groups in total. The van der Waals surface area contributed by atoms with Crippen LogP contribution in [0.15, 0.2) is 23.6 Å². The smallest absolute Gasteiger partial charge is 0.197 e. The predicted octanol–water partition coefficient (Wildman–Crippen LogP) is 1.13. The van der Waals surface area contributed by atoms with E-state index >= 15 is 0 Å². The molecule has 0 aliphatic carbocycles. The van der Waals surface area contributed by atoms with Crippen molar-refractivity contribution in [2.24, 2.45) is 5.92 Å². The van der Waals surface area contributed by atoms with Crippen molar-refractivity contribution < 1.29 is 8.42 Å². The summed E-state index contributed by atoms with van der Waals surface area (Å²) < 4.78 is 23.3. The first kappa shape index (κ1) is 11.4. The van der Waals surface area contributed by atoms with Gasteiger partial charge in [0.2, 0.25) is 0 Å². The second kappa shape index (κ2) is 4.70. The van der Waals surface area contributed by atoms with Crippen molar-refractivity contribution in [2.45, 2.75) is 11.9 Å². The summed E-state index contributed by atoms with van der Waals surface area (Å²) in [5, 5.41) is 0.0111. The number of hydrogen-bond donors (Lipinski definition) is 0. The van der Waals surface area contributed by atoms with Crippen LogP contribution in [0.4, 0.5) is 0 Å². The highest BCUT2D eigenvalue weighted by Gasteiger charge is 2.19. The van der Waals surface area contributed by atoms with E-state index in [2.05, 4.69) is 9.97 Å². The maximum Gasteiger partial charge on any atom is 0.197 e. The van der Waals surface area contributed by atoms with Crippen molar-refractivity contribution >= 4 is 21.4 Å². The zero-order valence-corrected chi connectivity index (χ0v) is 9.29. The summed E-state index contributed by atoms with van der Waals surface area (Å²) in [6.07, 6.45) is 4.04. The third-order valence-electron chi connectivity index (χ3n) is 1.63. The molecule has 0 amide bonds. The van der Waals surface area contributed by atoms with E-state index in [0.29, 0.717) is 5.88 Å². The van der Waals surface area contributed by atoms with Gasteiger partial charge in [-0.1, -0.05) is 6.92 Å². The maximum absolute atomic E-state index is 11.6. The summed E-state index contributed by atoms with van der Waals surface area (Å²) in [5.74, 6) is 0.248. The lowest BCUT2D eigenvalue weighted by Crippen LogP contribution is -2.16. The molecule has 1 aromatic rings. The highest BCUT2D eigenvalue weighted by molar-refractivity contribution is 7.91. The fourth-order valence-corrected chi connectivity index (χ4v) is 2.67. The second-order valence-electron chi connectivity index (χ2n) is 3.08. The standard InChI is InChI=1S/C8H11ClN2O2S/c1-7(4-9)6-14(12,13)8-5-10-2-3-11-8/h2-3,5,7H,4,6H2,1H3. The van der Waals surface area contributed by atoms with E-state index in [4.69, 9.17) is 11.6 Å². The number of hydrogen-bond acceptors (Lipinski definition) is 4. The van der Waals surface area contributed by atoms with Gasteiger partial charge < -0.3 is 0 Å². The molecule has 4 nitrogen and oxygen atoms in total. The van der Waals surface area contributed by atoms with Crippen molar-refractivity contribution in [3.8, 4) is 0 Å². The second-order valence-corrected chi connectivity index (χ2v) is 5.37. The quantitative estimate of drug-likeness (QED) is 0.733. The van der Waals surface area contributed by atoms with Crippen molar-refractivity contribution in [3.05, 3.63) is 18.6 Å². The zero-order chi connectivity index (χ0) is 10.6. The molecule has 1 atom stereocenters. The summed E-state index contributed by atoms with van der Waals surface area (Å²) in [6, 6.07) is 0. The normalized spacial score (nSPS) is 13.9. The number of aromatic nitrogens is 2. The van der Waals surface area contributed by atoms with Gasteiger partial charge >= 0.3 is 0 Å². The summed E-state index contributed by atoms with van der Waals surface area (Å²) >= 11 is 5.55. The fourth-order valence-electron chi connectivity index (χ4n) is 0.951. The zero-order valence-electron chi connectivity index (χ0n) is 7.72. The van der Waals surface area contributed by atoms with Crippen LogP contribution in [0, 0.1) is 5.92 Å². The molecule has 1 rings (SSSR count). The predicted molar refractivity (Wildman–Crippen MR) is 54.0 cm³/mol. The van der Waals surface area contributed by atoms with Crippen LogP contribution in [0.5, 0.6) is 0 Å². The van der Waals surface area contributed by atoms with Crippen LogP contribution >= 0.6 is 11.6 Å². The molecule has 0 bridgehead atoms. The number of halogens is 1. The molecule has 0 aliphatic heterocycles. The van der Waals surface area contributed by atoms with Gasteiger partial charge in [0, 0.05) is 18.3 Å². The minimum absolute atomic E-state index is 0.00912. The molecule has 0 aromatic carbocycles. The van der Waals surface area contributed by atoms with Crippen LogP contribution in [-0.4, -0.2) is 30.0 Å². The molecule has 0 saturated carbocycles. The van der Waals surface area contributed by atoms with Crippen LogP contribution in [-0.2, 0) is 9.84 Å². The molecule has 1 aromatic heterocycles. The van der Waals surface area contributed by atoms with Crippen LogP contribution in [0.3, 0.4) is 0 Å². The van der Waals surface area contributed by atoms with E-state index in [1.807, 2.05) is 0 Å². The van der Waals surface area contributed by atoms with Gasteiger partial charge in [0.05, 0.1) is 11.9 Å². The van der Waals surface area contributed by atoms with Crippen LogP contribution < -0.4 is 0 Å². The van der Waals surface area contributed by atoms with Crippen LogP contribution in [0.25, 0.3) is 0 Å². The average Bonchev–Trinajstić information content (AvgIpc) is 2.18. The van der Waals surface area contributed by atoms with Crippen molar-refractivity contribution in [2.75, 3.05) is 11.6 Å². The lowest BCUT2D eigenvalue weighted by Gasteiger charge is -2.06. The van der Waals surface area contributed by atoms with Gasteiger partial charge in [-0.05, 0) is 5.92 Å². The number of rotatable bonds is 4. The average molecular weight is 235 g/mol. The molecule has 0 fully saturated rings. The first-order chi connectivity index (χ1) is 6.56. The highest BCUT2D eigenvalue weighted by atomic mass is 35.5. The largest absolute Gasteiger partial charge is 0.260 e. The molecule has 6 heteroatoms. The lowest BCUT2D eigenvalue weighted by atomic mass is 10.3. The Balaban J connectivity index is 2.87. The SMILES string of the molecule is CC(CCl)CS(=O)(=O)c1cnccn1. The third kappa shape index (κ3) is 2.92. The molecule has 14 heavy (non-hydrogen) atoms. The molecule has 1 unspecified atom stereocenters. The molecule has 0 aliphatic rings. The van der Waals surface area contributed by atoms with E-state index in [-0.39, 0.29) is 16.7 Å². The number of nitrogens with zero attached hydrogens (tertiary/aromatic N) is 2. The minimum Gasteiger partial charge on any atom is -0.260 e. The minimum atomic E-state index is -3.33. The van der Waals surface area contributed by atoms with E-state index in [1.165, 1.54) is 18.6 Å². The van der Waals surface area contributed by atoms with E-state index in [1.54, 1.807) is 6.92 Å². The molecule has 1 heterocycles. The first-order valence-corrected chi connectivity index (χ1v) is 6.29. The van der Waals surface area contributed by atoms with Gasteiger partial charge in [0.1, 0.15) is 0 Å². The van der Waals surface area contributed by atoms with Crippen LogP contribution in [0.1, 0.15) is 6.92 Å². The Morgan fingerprint density at radius 2 is 2.21 bits per heavy atom. The summed E-state index contributed by atoms with van der Waals surface area (Å²) in [5.41, 5.74) is 0. The van der Waals surface area contributed by atoms with Crippen molar-refractivity contribution in [3.63, 3.8) is 0 Å². The van der Waals surface area contributed by atoms with Gasteiger partial charge in [0.15, 0.2) is 14.9 Å². The molecule has 0 saturated heterocycles. The topological polar surface area (TPSA) is 59.9 Å². The number of alkyl halides is 1. The summed E-state index contributed by atoms with van der Waals surface area (Å²) in [4.78, 5) is 7.45. The molecular formula is C8H11ClN2O2S. The van der Waals surface area contributed by atoms with Gasteiger partial charge in [-0.3, -0.25) is 4.98 Å². The molecule has 0 radical (unpaired) electrons. The maximum atomic E-state index is 11.6. The Bertz CT molecular complexity index is 380. The Kier molecular flexibility index (Phi) is 3.83. The Hall–Kier alpha value is -0.680. The van der Waals surface area contributed by atoms with Crippen molar-refractivity contribution in [1.82, 2.24) is 9.97 Å². The monoisotopic (exact) mass is 234 g/mol. The van der Waals surface area contributed by atoms with E-state index in [9.17, 15) is 8.42 Å². The van der Waals surface area contributed by atoms with Crippen LogP contribution in [0.2, 0.25) is 0 Å².